The van der Waals surface area contributed by atoms with Gasteiger partial charge in [-0.3, -0.25) is 0 Å². The summed E-state index contributed by atoms with van der Waals surface area (Å²) in [5.74, 6) is 0.369. The maximum atomic E-state index is 11.5. The first kappa shape index (κ1) is 19.8. The van der Waals surface area contributed by atoms with E-state index >= 15 is 0 Å². The van der Waals surface area contributed by atoms with Gasteiger partial charge in [0.15, 0.2) is 0 Å². The molecule has 0 radical (unpaired) electrons. The number of carbonyl (C=O) groups is 2. The Morgan fingerprint density at radius 1 is 0.958 bits per heavy atom. The van der Waals surface area contributed by atoms with Gasteiger partial charge in [0.05, 0.1) is 14.2 Å². The molecule has 0 spiro atoms. The highest BCUT2D eigenvalue weighted by atomic mass is 16.7. The topological polar surface area (TPSA) is 71.1 Å². The molecule has 1 aromatic rings. The smallest absolute Gasteiger partial charge is 0.438 e. The Hall–Kier alpha value is -2.24. The average molecular weight is 338 g/mol. The predicted molar refractivity (Wildman–Crippen MR) is 89.6 cm³/mol. The zero-order valence-electron chi connectivity index (χ0n) is 15.4. The van der Waals surface area contributed by atoms with E-state index in [-0.39, 0.29) is 12.0 Å². The van der Waals surface area contributed by atoms with Gasteiger partial charge in [-0.05, 0) is 17.0 Å². The lowest BCUT2D eigenvalue weighted by Gasteiger charge is -2.29. The highest BCUT2D eigenvalue weighted by molar-refractivity contribution is 5.65. The standard InChI is InChI=1S/C18H26O6/c1-17(2,3)12-8-9-14(24-16(20)22-7)13(10-12)18(4,5)11-23-15(19)21-6/h8-10H,11H2,1-7H3. The summed E-state index contributed by atoms with van der Waals surface area (Å²) in [6, 6.07) is 5.59. The van der Waals surface area contributed by atoms with Gasteiger partial charge in [-0.15, -0.1) is 0 Å². The van der Waals surface area contributed by atoms with E-state index in [0.29, 0.717) is 5.75 Å². The van der Waals surface area contributed by atoms with Crippen molar-refractivity contribution in [2.75, 3.05) is 20.8 Å². The first-order valence-electron chi connectivity index (χ1n) is 7.63. The Morgan fingerprint density at radius 2 is 1.54 bits per heavy atom. The van der Waals surface area contributed by atoms with E-state index in [0.717, 1.165) is 11.1 Å². The van der Waals surface area contributed by atoms with Gasteiger partial charge in [0.2, 0.25) is 0 Å². The summed E-state index contributed by atoms with van der Waals surface area (Å²) in [6.45, 7) is 10.1. The lowest BCUT2D eigenvalue weighted by molar-refractivity contribution is 0.0571. The third kappa shape index (κ3) is 5.15. The summed E-state index contributed by atoms with van der Waals surface area (Å²) in [5, 5.41) is 0. The maximum Gasteiger partial charge on any atom is 0.513 e. The minimum Gasteiger partial charge on any atom is -0.438 e. The summed E-state index contributed by atoms with van der Waals surface area (Å²) in [5.41, 5.74) is 1.13. The molecule has 0 aliphatic rings. The van der Waals surface area contributed by atoms with Crippen molar-refractivity contribution in [3.05, 3.63) is 29.3 Å². The van der Waals surface area contributed by atoms with E-state index in [1.807, 2.05) is 26.0 Å². The molecular formula is C18H26O6. The van der Waals surface area contributed by atoms with Gasteiger partial charge in [0, 0.05) is 11.0 Å². The average Bonchev–Trinajstić information content (AvgIpc) is 2.51. The van der Waals surface area contributed by atoms with Gasteiger partial charge in [0.1, 0.15) is 12.4 Å². The molecule has 0 amide bonds. The molecule has 0 N–H and O–H groups in total. The molecule has 0 aliphatic heterocycles. The van der Waals surface area contributed by atoms with Gasteiger partial charge in [-0.2, -0.15) is 0 Å². The normalized spacial score (nSPS) is 11.6. The molecule has 0 aromatic heterocycles. The number of methoxy groups -OCH3 is 2. The SMILES string of the molecule is COC(=O)OCC(C)(C)c1cc(C(C)(C)C)ccc1OC(=O)OC. The van der Waals surface area contributed by atoms with Crippen molar-refractivity contribution >= 4 is 12.3 Å². The van der Waals surface area contributed by atoms with Crippen molar-refractivity contribution in [1.29, 1.82) is 0 Å². The van der Waals surface area contributed by atoms with Gasteiger partial charge >= 0.3 is 12.3 Å². The third-order valence-electron chi connectivity index (χ3n) is 3.65. The predicted octanol–water partition coefficient (Wildman–Crippen LogP) is 4.19. The largest absolute Gasteiger partial charge is 0.513 e. The number of hydrogen-bond acceptors (Lipinski definition) is 6. The van der Waals surface area contributed by atoms with Crippen LogP contribution in [0.2, 0.25) is 0 Å². The molecule has 0 saturated heterocycles. The molecule has 0 atom stereocenters. The maximum absolute atomic E-state index is 11.5. The van der Waals surface area contributed by atoms with Crippen LogP contribution in [-0.4, -0.2) is 33.1 Å². The molecule has 6 nitrogen and oxygen atoms in total. The van der Waals surface area contributed by atoms with Crippen molar-refractivity contribution in [1.82, 2.24) is 0 Å². The van der Waals surface area contributed by atoms with Crippen LogP contribution in [0.1, 0.15) is 45.7 Å². The van der Waals surface area contributed by atoms with Crippen molar-refractivity contribution in [3.8, 4) is 5.75 Å². The lowest BCUT2D eigenvalue weighted by atomic mass is 9.79. The fraction of sp³-hybridized carbons (Fsp3) is 0.556. The van der Waals surface area contributed by atoms with E-state index in [1.54, 1.807) is 6.07 Å². The van der Waals surface area contributed by atoms with Crippen LogP contribution in [0.3, 0.4) is 0 Å². The lowest BCUT2D eigenvalue weighted by Crippen LogP contribution is -2.28. The summed E-state index contributed by atoms with van der Waals surface area (Å²) < 4.78 is 19.4. The van der Waals surface area contributed by atoms with Gasteiger partial charge < -0.3 is 18.9 Å². The van der Waals surface area contributed by atoms with Crippen molar-refractivity contribution in [2.24, 2.45) is 0 Å². The summed E-state index contributed by atoms with van der Waals surface area (Å²) >= 11 is 0. The van der Waals surface area contributed by atoms with Gasteiger partial charge in [0.25, 0.3) is 0 Å². The third-order valence-corrected chi connectivity index (χ3v) is 3.65. The number of ether oxygens (including phenoxy) is 4. The molecule has 0 aliphatic carbocycles. The quantitative estimate of drug-likeness (QED) is 0.605. The van der Waals surface area contributed by atoms with Crippen LogP contribution >= 0.6 is 0 Å². The Bertz CT molecular complexity index is 598. The highest BCUT2D eigenvalue weighted by Gasteiger charge is 2.29. The van der Waals surface area contributed by atoms with Gasteiger partial charge in [-0.25, -0.2) is 9.59 Å². The second-order valence-electron chi connectivity index (χ2n) is 7.14. The van der Waals surface area contributed by atoms with Crippen LogP contribution in [0.4, 0.5) is 9.59 Å². The summed E-state index contributed by atoms with van der Waals surface area (Å²) in [6.07, 6.45) is -1.56. The van der Waals surface area contributed by atoms with Crippen molar-refractivity contribution < 1.29 is 28.5 Å². The number of carbonyl (C=O) groups excluding carboxylic acids is 2. The molecule has 24 heavy (non-hydrogen) atoms. The molecule has 0 fully saturated rings. The molecule has 1 rings (SSSR count). The van der Waals surface area contributed by atoms with E-state index in [4.69, 9.17) is 9.47 Å². The fourth-order valence-corrected chi connectivity index (χ4v) is 2.12. The van der Waals surface area contributed by atoms with Crippen LogP contribution in [0.5, 0.6) is 5.75 Å². The van der Waals surface area contributed by atoms with E-state index < -0.39 is 17.7 Å². The number of rotatable bonds is 4. The Morgan fingerprint density at radius 3 is 2.04 bits per heavy atom. The Labute approximate surface area is 143 Å². The molecule has 0 unspecified atom stereocenters. The van der Waals surface area contributed by atoms with Crippen LogP contribution < -0.4 is 4.74 Å². The Kier molecular flexibility index (Phi) is 6.23. The minimum absolute atomic E-state index is 0.0742. The van der Waals surface area contributed by atoms with E-state index in [9.17, 15) is 9.59 Å². The number of benzene rings is 1. The molecule has 0 bridgehead atoms. The molecule has 134 valence electrons. The second kappa shape index (κ2) is 7.55. The molecule has 0 saturated carbocycles. The van der Waals surface area contributed by atoms with Crippen LogP contribution in [0, 0.1) is 0 Å². The monoisotopic (exact) mass is 338 g/mol. The molecule has 6 heteroatoms. The fourth-order valence-electron chi connectivity index (χ4n) is 2.12. The van der Waals surface area contributed by atoms with Crippen LogP contribution in [-0.2, 0) is 25.0 Å². The van der Waals surface area contributed by atoms with Crippen LogP contribution in [0.25, 0.3) is 0 Å². The van der Waals surface area contributed by atoms with Crippen LogP contribution in [0.15, 0.2) is 18.2 Å². The summed E-state index contributed by atoms with van der Waals surface area (Å²) in [4.78, 5) is 22.8. The van der Waals surface area contributed by atoms with E-state index in [2.05, 4.69) is 30.2 Å². The second-order valence-corrected chi connectivity index (χ2v) is 7.14. The van der Waals surface area contributed by atoms with Gasteiger partial charge in [-0.1, -0.05) is 46.8 Å². The number of hydrogen-bond donors (Lipinski definition) is 0. The molecule has 0 heterocycles. The first-order chi connectivity index (χ1) is 11.0. The van der Waals surface area contributed by atoms with Crippen molar-refractivity contribution in [3.63, 3.8) is 0 Å². The Balaban J connectivity index is 3.27. The minimum atomic E-state index is -0.801. The molecular weight excluding hydrogens is 312 g/mol. The molecule has 1 aromatic carbocycles. The summed E-state index contributed by atoms with van der Waals surface area (Å²) in [7, 11) is 2.50. The van der Waals surface area contributed by atoms with E-state index in [1.165, 1.54) is 14.2 Å². The highest BCUT2D eigenvalue weighted by Crippen LogP contribution is 2.36. The van der Waals surface area contributed by atoms with Crippen molar-refractivity contribution in [2.45, 2.75) is 45.4 Å². The first-order valence-corrected chi connectivity index (χ1v) is 7.63. The zero-order chi connectivity index (χ0) is 18.5. The zero-order valence-corrected chi connectivity index (χ0v) is 15.4.